The van der Waals surface area contributed by atoms with Crippen LogP contribution < -0.4 is 10.1 Å². The molecule has 0 atom stereocenters. The van der Waals surface area contributed by atoms with Crippen molar-refractivity contribution >= 4 is 22.8 Å². The molecular weight excluding hydrogens is 354 g/mol. The first-order valence-electron chi connectivity index (χ1n) is 9.05. The highest BCUT2D eigenvalue weighted by atomic mass is 16.5. The van der Waals surface area contributed by atoms with Crippen LogP contribution >= 0.6 is 0 Å². The zero-order valence-electron chi connectivity index (χ0n) is 16.3. The lowest BCUT2D eigenvalue weighted by molar-refractivity contribution is 0.340. The molecule has 0 aliphatic heterocycles. The molecule has 0 saturated heterocycles. The van der Waals surface area contributed by atoms with Crippen molar-refractivity contribution < 1.29 is 4.74 Å². The van der Waals surface area contributed by atoms with E-state index in [1.54, 1.807) is 10.9 Å². The third-order valence-corrected chi connectivity index (χ3v) is 4.34. The molecule has 0 aliphatic rings. The van der Waals surface area contributed by atoms with Gasteiger partial charge >= 0.3 is 0 Å². The summed E-state index contributed by atoms with van der Waals surface area (Å²) in [6.07, 6.45) is 3.65. The standard InChI is InChI=1S/C20H21N7O/c1-5-28-14-6-7-17-15(10-14)12(2)22-20(24-17)25-19-21-9-8-18(23-19)16-11-27(4)26-13(16)3/h6-11H,5H2,1-4H3,(H,21,22,23,24,25). The zero-order chi connectivity index (χ0) is 19.7. The molecule has 3 heterocycles. The average Bonchev–Trinajstić information content (AvgIpc) is 3.01. The highest BCUT2D eigenvalue weighted by molar-refractivity contribution is 5.83. The third kappa shape index (κ3) is 3.48. The SMILES string of the molecule is CCOc1ccc2nc(Nc3nccc(-c4cn(C)nc4C)n3)nc(C)c2c1. The molecule has 0 spiro atoms. The second-order valence-corrected chi connectivity index (χ2v) is 6.44. The van der Waals surface area contributed by atoms with E-state index in [4.69, 9.17) is 4.74 Å². The van der Waals surface area contributed by atoms with Crippen molar-refractivity contribution in [2.24, 2.45) is 7.05 Å². The maximum atomic E-state index is 5.56. The van der Waals surface area contributed by atoms with Crippen molar-refractivity contribution in [3.63, 3.8) is 0 Å². The summed E-state index contributed by atoms with van der Waals surface area (Å²) in [7, 11) is 1.89. The molecule has 4 aromatic rings. The van der Waals surface area contributed by atoms with Crippen LogP contribution in [-0.2, 0) is 7.05 Å². The van der Waals surface area contributed by atoms with Crippen molar-refractivity contribution in [3.8, 4) is 17.0 Å². The van der Waals surface area contributed by atoms with Crippen molar-refractivity contribution in [2.45, 2.75) is 20.8 Å². The number of aromatic nitrogens is 6. The number of aryl methyl sites for hydroxylation is 3. The van der Waals surface area contributed by atoms with E-state index >= 15 is 0 Å². The summed E-state index contributed by atoms with van der Waals surface area (Å²) in [5.41, 5.74) is 4.36. The Morgan fingerprint density at radius 2 is 1.89 bits per heavy atom. The predicted octanol–water partition coefficient (Wildman–Crippen LogP) is 3.58. The van der Waals surface area contributed by atoms with Crippen LogP contribution in [0.1, 0.15) is 18.3 Å². The predicted molar refractivity (Wildman–Crippen MR) is 108 cm³/mol. The number of hydrogen-bond donors (Lipinski definition) is 1. The minimum atomic E-state index is 0.436. The lowest BCUT2D eigenvalue weighted by Gasteiger charge is -2.09. The molecule has 1 aromatic carbocycles. The van der Waals surface area contributed by atoms with Crippen LogP contribution in [0, 0.1) is 13.8 Å². The van der Waals surface area contributed by atoms with Gasteiger partial charge in [-0.15, -0.1) is 0 Å². The number of fused-ring (bicyclic) bond motifs is 1. The number of nitrogens with one attached hydrogen (secondary N) is 1. The largest absolute Gasteiger partial charge is 0.494 e. The summed E-state index contributed by atoms with van der Waals surface area (Å²) in [6, 6.07) is 7.65. The van der Waals surface area contributed by atoms with Crippen LogP contribution in [-0.4, -0.2) is 36.3 Å². The van der Waals surface area contributed by atoms with Gasteiger partial charge in [0.1, 0.15) is 5.75 Å². The van der Waals surface area contributed by atoms with Gasteiger partial charge in [0.2, 0.25) is 11.9 Å². The van der Waals surface area contributed by atoms with Crippen LogP contribution in [0.5, 0.6) is 5.75 Å². The Kier molecular flexibility index (Phi) is 4.60. The summed E-state index contributed by atoms with van der Waals surface area (Å²) >= 11 is 0. The smallest absolute Gasteiger partial charge is 0.230 e. The molecule has 0 fully saturated rings. The Morgan fingerprint density at radius 3 is 2.64 bits per heavy atom. The zero-order valence-corrected chi connectivity index (χ0v) is 16.3. The number of nitrogens with zero attached hydrogens (tertiary/aromatic N) is 6. The number of ether oxygens (including phenoxy) is 1. The normalized spacial score (nSPS) is 11.0. The number of anilines is 2. The van der Waals surface area contributed by atoms with E-state index in [-0.39, 0.29) is 0 Å². The van der Waals surface area contributed by atoms with Gasteiger partial charge in [0, 0.05) is 30.4 Å². The van der Waals surface area contributed by atoms with Crippen LogP contribution in [0.25, 0.3) is 22.2 Å². The molecule has 1 N–H and O–H groups in total. The summed E-state index contributed by atoms with van der Waals surface area (Å²) in [4.78, 5) is 18.0. The van der Waals surface area contributed by atoms with Gasteiger partial charge in [-0.1, -0.05) is 0 Å². The fourth-order valence-corrected chi connectivity index (χ4v) is 3.09. The van der Waals surface area contributed by atoms with E-state index in [1.807, 2.05) is 58.3 Å². The Hall–Kier alpha value is -3.55. The van der Waals surface area contributed by atoms with Crippen LogP contribution in [0.2, 0.25) is 0 Å². The fourth-order valence-electron chi connectivity index (χ4n) is 3.09. The molecule has 0 aliphatic carbocycles. The first-order valence-corrected chi connectivity index (χ1v) is 9.05. The van der Waals surface area contributed by atoms with Gasteiger partial charge in [0.15, 0.2) is 0 Å². The summed E-state index contributed by atoms with van der Waals surface area (Å²) in [5.74, 6) is 1.70. The van der Waals surface area contributed by atoms with Gasteiger partial charge in [0.25, 0.3) is 0 Å². The number of hydrogen-bond acceptors (Lipinski definition) is 7. The molecule has 0 saturated carbocycles. The van der Waals surface area contributed by atoms with E-state index < -0.39 is 0 Å². The summed E-state index contributed by atoms with van der Waals surface area (Å²) in [5, 5.41) is 8.43. The van der Waals surface area contributed by atoms with Crippen molar-refractivity contribution in [1.82, 2.24) is 29.7 Å². The van der Waals surface area contributed by atoms with Gasteiger partial charge in [0.05, 0.1) is 29.2 Å². The Bertz CT molecular complexity index is 1150. The third-order valence-electron chi connectivity index (χ3n) is 4.34. The van der Waals surface area contributed by atoms with Crippen molar-refractivity contribution in [2.75, 3.05) is 11.9 Å². The van der Waals surface area contributed by atoms with Gasteiger partial charge in [-0.2, -0.15) is 5.10 Å². The molecule has 0 radical (unpaired) electrons. The molecule has 0 amide bonds. The first kappa shape index (κ1) is 17.8. The minimum absolute atomic E-state index is 0.436. The Morgan fingerprint density at radius 1 is 1.04 bits per heavy atom. The first-order chi connectivity index (χ1) is 13.5. The molecule has 8 nitrogen and oxygen atoms in total. The van der Waals surface area contributed by atoms with Crippen molar-refractivity contribution in [3.05, 3.63) is 48.0 Å². The lowest BCUT2D eigenvalue weighted by Crippen LogP contribution is -2.03. The molecule has 28 heavy (non-hydrogen) atoms. The van der Waals surface area contributed by atoms with Gasteiger partial charge in [-0.3, -0.25) is 10.00 Å². The number of benzene rings is 1. The maximum absolute atomic E-state index is 5.56. The maximum Gasteiger partial charge on any atom is 0.230 e. The van der Waals surface area contributed by atoms with E-state index in [2.05, 4.69) is 30.4 Å². The second kappa shape index (κ2) is 7.22. The van der Waals surface area contributed by atoms with Crippen molar-refractivity contribution in [1.29, 1.82) is 0 Å². The Balaban J connectivity index is 1.66. The second-order valence-electron chi connectivity index (χ2n) is 6.44. The average molecular weight is 375 g/mol. The highest BCUT2D eigenvalue weighted by Crippen LogP contribution is 2.25. The molecule has 8 heteroatoms. The Labute approximate surface area is 162 Å². The topological polar surface area (TPSA) is 90.6 Å². The van der Waals surface area contributed by atoms with E-state index in [1.165, 1.54) is 0 Å². The van der Waals surface area contributed by atoms with Crippen LogP contribution in [0.4, 0.5) is 11.9 Å². The minimum Gasteiger partial charge on any atom is -0.494 e. The molecule has 0 bridgehead atoms. The molecule has 142 valence electrons. The summed E-state index contributed by atoms with van der Waals surface area (Å²) < 4.78 is 7.33. The molecule has 4 rings (SSSR count). The van der Waals surface area contributed by atoms with E-state index in [0.717, 1.165) is 39.3 Å². The van der Waals surface area contributed by atoms with Crippen LogP contribution in [0.15, 0.2) is 36.7 Å². The lowest BCUT2D eigenvalue weighted by atomic mass is 10.2. The van der Waals surface area contributed by atoms with E-state index in [0.29, 0.717) is 18.5 Å². The highest BCUT2D eigenvalue weighted by Gasteiger charge is 2.11. The van der Waals surface area contributed by atoms with Gasteiger partial charge in [-0.25, -0.2) is 19.9 Å². The fraction of sp³-hybridized carbons (Fsp3) is 0.250. The van der Waals surface area contributed by atoms with Gasteiger partial charge < -0.3 is 4.74 Å². The quantitative estimate of drug-likeness (QED) is 0.570. The van der Waals surface area contributed by atoms with Gasteiger partial charge in [-0.05, 0) is 45.0 Å². The molecule has 3 aromatic heterocycles. The van der Waals surface area contributed by atoms with Crippen LogP contribution in [0.3, 0.4) is 0 Å². The van der Waals surface area contributed by atoms with E-state index in [9.17, 15) is 0 Å². The monoisotopic (exact) mass is 375 g/mol. The molecular formula is C20H21N7O. The molecule has 0 unspecified atom stereocenters. The summed E-state index contributed by atoms with van der Waals surface area (Å²) in [6.45, 7) is 6.48. The number of rotatable bonds is 5.